The number of aromatic hydroxyl groups is 1. The molecule has 39 heavy (non-hydrogen) atoms. The quantitative estimate of drug-likeness (QED) is 0.465. The van der Waals surface area contributed by atoms with Crippen LogP contribution in [0.25, 0.3) is 0 Å². The molecule has 0 radical (unpaired) electrons. The van der Waals surface area contributed by atoms with Crippen molar-refractivity contribution in [3.8, 4) is 28.7 Å². The van der Waals surface area contributed by atoms with Crippen LogP contribution in [0.4, 0.5) is 8.78 Å². The summed E-state index contributed by atoms with van der Waals surface area (Å²) in [7, 11) is 1.30. The second-order valence-corrected chi connectivity index (χ2v) is 9.79. The average molecular weight is 539 g/mol. The third-order valence-electron chi connectivity index (χ3n) is 7.22. The Bertz CT molecular complexity index is 1490. The van der Waals surface area contributed by atoms with Crippen LogP contribution in [-0.2, 0) is 14.9 Å². The van der Waals surface area contributed by atoms with Crippen LogP contribution in [0.15, 0.2) is 54.6 Å². The molecule has 11 heteroatoms. The van der Waals surface area contributed by atoms with E-state index in [4.69, 9.17) is 14.2 Å². The second-order valence-electron chi connectivity index (χ2n) is 9.79. The number of ether oxygens (including phenoxy) is 5. The van der Waals surface area contributed by atoms with Crippen molar-refractivity contribution in [1.29, 1.82) is 0 Å². The smallest absolute Gasteiger partial charge is 0.508 e. The van der Waals surface area contributed by atoms with E-state index in [1.54, 1.807) is 37.3 Å². The third kappa shape index (κ3) is 4.23. The van der Waals surface area contributed by atoms with Crippen molar-refractivity contribution in [1.82, 2.24) is 5.32 Å². The van der Waals surface area contributed by atoms with Crippen molar-refractivity contribution in [2.24, 2.45) is 0 Å². The Morgan fingerprint density at radius 3 is 2.44 bits per heavy atom. The normalized spacial score (nSPS) is 23.6. The molecule has 0 unspecified atom stereocenters. The molecule has 0 bridgehead atoms. The molecule has 0 aliphatic carbocycles. The first-order valence-electron chi connectivity index (χ1n) is 12.1. The van der Waals surface area contributed by atoms with Gasteiger partial charge in [-0.05, 0) is 42.8 Å². The topological polar surface area (TPSA) is 113 Å². The summed E-state index contributed by atoms with van der Waals surface area (Å²) in [6, 6.07) is 13.5. The first-order chi connectivity index (χ1) is 18.6. The minimum Gasteiger partial charge on any atom is -0.508 e. The first kappa shape index (κ1) is 24.8. The summed E-state index contributed by atoms with van der Waals surface area (Å²) >= 11 is 0. The van der Waals surface area contributed by atoms with Crippen molar-refractivity contribution < 1.29 is 47.2 Å². The van der Waals surface area contributed by atoms with Crippen molar-refractivity contribution >= 4 is 11.9 Å². The zero-order chi connectivity index (χ0) is 27.5. The number of methoxy groups -OCH3 is 1. The number of carbonyl (C=O) groups is 2. The molecule has 202 valence electrons. The molecule has 3 aliphatic heterocycles. The molecule has 0 saturated heterocycles. The van der Waals surface area contributed by atoms with Crippen molar-refractivity contribution in [2.75, 3.05) is 13.7 Å². The zero-order valence-electron chi connectivity index (χ0n) is 20.8. The van der Waals surface area contributed by atoms with E-state index in [2.05, 4.69) is 14.8 Å². The summed E-state index contributed by atoms with van der Waals surface area (Å²) in [5, 5.41) is 13.1. The minimum atomic E-state index is -3.79. The predicted molar refractivity (Wildman–Crippen MR) is 130 cm³/mol. The van der Waals surface area contributed by atoms with Gasteiger partial charge in [0.05, 0.1) is 18.7 Å². The van der Waals surface area contributed by atoms with Gasteiger partial charge in [0, 0.05) is 29.7 Å². The number of rotatable bonds is 4. The van der Waals surface area contributed by atoms with E-state index in [0.717, 1.165) is 5.56 Å². The van der Waals surface area contributed by atoms with Crippen LogP contribution >= 0.6 is 0 Å². The summed E-state index contributed by atoms with van der Waals surface area (Å²) in [5.74, 6) is -0.546. The van der Waals surface area contributed by atoms with E-state index in [0.29, 0.717) is 28.9 Å². The number of fused-ring (bicyclic) bond motifs is 3. The summed E-state index contributed by atoms with van der Waals surface area (Å²) < 4.78 is 52.9. The van der Waals surface area contributed by atoms with Gasteiger partial charge in [0.15, 0.2) is 11.5 Å². The number of hydrogen-bond donors (Lipinski definition) is 2. The van der Waals surface area contributed by atoms with Gasteiger partial charge in [-0.25, -0.2) is 4.79 Å². The number of carbonyl (C=O) groups excluding carboxylic acids is 2. The van der Waals surface area contributed by atoms with Gasteiger partial charge >= 0.3 is 12.3 Å². The number of benzene rings is 3. The maximum Gasteiger partial charge on any atom is 0.586 e. The molecule has 1 amide bonds. The largest absolute Gasteiger partial charge is 0.586 e. The molecule has 3 aromatic rings. The number of halogens is 2. The minimum absolute atomic E-state index is 0.00141. The molecule has 0 spiro atoms. The molecule has 3 heterocycles. The van der Waals surface area contributed by atoms with Crippen molar-refractivity contribution in [3.05, 3.63) is 76.9 Å². The Kier molecular flexibility index (Phi) is 5.56. The van der Waals surface area contributed by atoms with E-state index in [1.807, 2.05) is 0 Å². The molecule has 6 rings (SSSR count). The summed E-state index contributed by atoms with van der Waals surface area (Å²) in [6.45, 7) is 1.64. The molecule has 0 aromatic heterocycles. The Balaban J connectivity index is 1.28. The fourth-order valence-corrected chi connectivity index (χ4v) is 5.08. The molecule has 9 nitrogen and oxygen atoms in total. The highest BCUT2D eigenvalue weighted by Crippen LogP contribution is 2.50. The lowest BCUT2D eigenvalue weighted by atomic mass is 9.82. The fraction of sp³-hybridized carbons (Fsp3) is 0.286. The number of nitrogens with one attached hydrogen (secondary N) is 1. The molecule has 0 fully saturated rings. The van der Waals surface area contributed by atoms with E-state index in [9.17, 15) is 23.5 Å². The lowest BCUT2D eigenvalue weighted by molar-refractivity contribution is -0.286. The van der Waals surface area contributed by atoms with E-state index in [-0.39, 0.29) is 29.6 Å². The maximum absolute atomic E-state index is 13.7. The second kappa shape index (κ2) is 8.75. The number of amides is 1. The highest BCUT2D eigenvalue weighted by Gasteiger charge is 2.49. The lowest BCUT2D eigenvalue weighted by Gasteiger charge is -2.35. The van der Waals surface area contributed by atoms with Crippen LogP contribution < -0.4 is 24.3 Å². The predicted octanol–water partition coefficient (Wildman–Crippen LogP) is 4.53. The highest BCUT2D eigenvalue weighted by molar-refractivity contribution is 5.91. The standard InChI is InChI=1S/C28H23F2NO8/c1-27(13-36-22-12-24-23(10-18(22)27)38-28(29,30)39-24)26(34)31-19-11-20(37-21-9-16(32)7-8-17(19)21)14-3-5-15(6-4-14)25(33)35-2/h3-10,12,19-20,32H,11,13H2,1-2H3,(H,31,34)/t19-,20-,27+/m1/s1. The molecular weight excluding hydrogens is 516 g/mol. The van der Waals surface area contributed by atoms with Gasteiger partial charge in [0.25, 0.3) is 0 Å². The monoisotopic (exact) mass is 539 g/mol. The summed E-state index contributed by atoms with van der Waals surface area (Å²) in [6.07, 6.45) is -3.96. The molecule has 3 atom stereocenters. The van der Waals surface area contributed by atoms with E-state index in [1.165, 1.54) is 31.4 Å². The number of phenolic OH excluding ortho intramolecular Hbond substituents is 1. The van der Waals surface area contributed by atoms with Gasteiger partial charge in [-0.2, -0.15) is 0 Å². The van der Waals surface area contributed by atoms with Crippen molar-refractivity contribution in [2.45, 2.75) is 37.2 Å². The Hall–Kier alpha value is -4.54. The van der Waals surface area contributed by atoms with E-state index < -0.39 is 35.7 Å². The van der Waals surface area contributed by atoms with Gasteiger partial charge < -0.3 is 34.1 Å². The molecule has 3 aromatic carbocycles. The zero-order valence-corrected chi connectivity index (χ0v) is 20.8. The van der Waals surface area contributed by atoms with Crippen LogP contribution in [0, 0.1) is 0 Å². The van der Waals surface area contributed by atoms with Gasteiger partial charge in [-0.15, -0.1) is 8.78 Å². The number of hydrogen-bond acceptors (Lipinski definition) is 8. The Labute approximate surface area is 221 Å². The van der Waals surface area contributed by atoms with Crippen LogP contribution in [0.3, 0.4) is 0 Å². The number of alkyl halides is 2. The highest BCUT2D eigenvalue weighted by atomic mass is 19.3. The summed E-state index contributed by atoms with van der Waals surface area (Å²) in [4.78, 5) is 25.6. The Morgan fingerprint density at radius 1 is 1.00 bits per heavy atom. The van der Waals surface area contributed by atoms with Crippen LogP contribution in [0.2, 0.25) is 0 Å². The summed E-state index contributed by atoms with van der Waals surface area (Å²) in [5.41, 5.74) is 0.986. The molecule has 2 N–H and O–H groups in total. The molecule has 0 saturated carbocycles. The van der Waals surface area contributed by atoms with Gasteiger partial charge in [-0.1, -0.05) is 12.1 Å². The number of esters is 1. The molecular formula is C28H23F2NO8. The average Bonchev–Trinajstić information content (AvgIpc) is 3.40. The maximum atomic E-state index is 13.7. The van der Waals surface area contributed by atoms with Crippen LogP contribution in [0.5, 0.6) is 28.7 Å². The third-order valence-corrected chi connectivity index (χ3v) is 7.22. The SMILES string of the molecule is COC(=O)c1ccc([C@H]2C[C@@H](NC(=O)[C@@]3(C)COc4cc5c(cc43)OC(F)(F)O5)c3ccc(O)cc3O2)cc1. The lowest BCUT2D eigenvalue weighted by Crippen LogP contribution is -2.46. The van der Waals surface area contributed by atoms with Gasteiger partial charge in [0.1, 0.15) is 35.4 Å². The van der Waals surface area contributed by atoms with Crippen LogP contribution in [0.1, 0.15) is 52.5 Å². The molecule has 3 aliphatic rings. The first-order valence-corrected chi connectivity index (χ1v) is 12.1. The van der Waals surface area contributed by atoms with Gasteiger partial charge in [0.2, 0.25) is 5.91 Å². The van der Waals surface area contributed by atoms with Crippen LogP contribution in [-0.4, -0.2) is 37.0 Å². The number of phenols is 1. The van der Waals surface area contributed by atoms with E-state index >= 15 is 0 Å². The fourth-order valence-electron chi connectivity index (χ4n) is 5.08. The Morgan fingerprint density at radius 2 is 1.72 bits per heavy atom. The van der Waals surface area contributed by atoms with Gasteiger partial charge in [-0.3, -0.25) is 4.79 Å². The van der Waals surface area contributed by atoms with Crippen molar-refractivity contribution in [3.63, 3.8) is 0 Å².